The fourth-order valence-corrected chi connectivity index (χ4v) is 3.45. The average molecular weight is 435 g/mol. The molecule has 1 heterocycles. The van der Waals surface area contributed by atoms with Gasteiger partial charge in [-0.2, -0.15) is 0 Å². The SMILES string of the molecule is CC(=O)NC[C@H]1CN(c2ccc(-c3ccc(CNS(C)(=O)=O)cc3)c(F)c2)C(=O)O1. The number of cyclic esters (lactones) is 1. The lowest BCUT2D eigenvalue weighted by molar-refractivity contribution is -0.119. The van der Waals surface area contributed by atoms with E-state index in [-0.39, 0.29) is 25.5 Å². The number of anilines is 1. The van der Waals surface area contributed by atoms with Gasteiger partial charge in [0.15, 0.2) is 0 Å². The van der Waals surface area contributed by atoms with E-state index in [4.69, 9.17) is 4.74 Å². The molecule has 3 rings (SSSR count). The third-order valence-electron chi connectivity index (χ3n) is 4.52. The fourth-order valence-electron chi connectivity index (χ4n) is 3.02. The largest absolute Gasteiger partial charge is 0.442 e. The number of nitrogens with one attached hydrogen (secondary N) is 2. The zero-order chi connectivity index (χ0) is 21.9. The third-order valence-corrected chi connectivity index (χ3v) is 5.19. The van der Waals surface area contributed by atoms with E-state index in [0.717, 1.165) is 11.8 Å². The zero-order valence-electron chi connectivity index (χ0n) is 16.5. The van der Waals surface area contributed by atoms with Crippen LogP contribution in [-0.4, -0.2) is 45.9 Å². The molecule has 1 atom stereocenters. The first-order valence-corrected chi connectivity index (χ1v) is 11.1. The molecule has 0 saturated carbocycles. The van der Waals surface area contributed by atoms with Crippen molar-refractivity contribution in [2.75, 3.05) is 24.2 Å². The van der Waals surface area contributed by atoms with Gasteiger partial charge in [-0.25, -0.2) is 22.3 Å². The predicted octanol–water partition coefficient (Wildman–Crippen LogP) is 2.00. The summed E-state index contributed by atoms with van der Waals surface area (Å²) in [6.45, 7) is 1.92. The number of carbonyl (C=O) groups excluding carboxylic acids is 2. The molecule has 0 radical (unpaired) electrons. The maximum Gasteiger partial charge on any atom is 0.414 e. The molecule has 2 aromatic carbocycles. The van der Waals surface area contributed by atoms with Gasteiger partial charge in [0, 0.05) is 19.0 Å². The summed E-state index contributed by atoms with van der Waals surface area (Å²) in [6, 6.07) is 11.3. The van der Waals surface area contributed by atoms with Crippen molar-refractivity contribution in [3.63, 3.8) is 0 Å². The van der Waals surface area contributed by atoms with Crippen LogP contribution >= 0.6 is 0 Å². The number of hydrogen-bond donors (Lipinski definition) is 2. The molecule has 0 aliphatic carbocycles. The van der Waals surface area contributed by atoms with Gasteiger partial charge in [0.25, 0.3) is 0 Å². The monoisotopic (exact) mass is 435 g/mol. The molecule has 2 amide bonds. The highest BCUT2D eigenvalue weighted by Gasteiger charge is 2.32. The second-order valence-corrected chi connectivity index (χ2v) is 8.84. The lowest BCUT2D eigenvalue weighted by Crippen LogP contribution is -2.33. The first-order chi connectivity index (χ1) is 14.1. The average Bonchev–Trinajstić information content (AvgIpc) is 3.05. The van der Waals surface area contributed by atoms with Gasteiger partial charge < -0.3 is 10.1 Å². The van der Waals surface area contributed by atoms with E-state index in [1.807, 2.05) is 0 Å². The summed E-state index contributed by atoms with van der Waals surface area (Å²) < 4.78 is 44.7. The van der Waals surface area contributed by atoms with Crippen LogP contribution in [0.3, 0.4) is 0 Å². The van der Waals surface area contributed by atoms with Gasteiger partial charge >= 0.3 is 6.09 Å². The number of nitrogens with zero attached hydrogens (tertiary/aromatic N) is 1. The topological polar surface area (TPSA) is 105 Å². The summed E-state index contributed by atoms with van der Waals surface area (Å²) in [7, 11) is -3.29. The van der Waals surface area contributed by atoms with E-state index in [9.17, 15) is 22.4 Å². The Labute approximate surface area is 174 Å². The van der Waals surface area contributed by atoms with Gasteiger partial charge in [-0.05, 0) is 29.3 Å². The van der Waals surface area contributed by atoms with Crippen molar-refractivity contribution >= 4 is 27.7 Å². The Balaban J connectivity index is 1.71. The summed E-state index contributed by atoms with van der Waals surface area (Å²) in [5.41, 5.74) is 2.07. The van der Waals surface area contributed by atoms with E-state index in [1.54, 1.807) is 36.4 Å². The molecule has 1 saturated heterocycles. The Hall–Kier alpha value is -2.98. The third kappa shape index (κ3) is 5.55. The number of carbonyl (C=O) groups is 2. The van der Waals surface area contributed by atoms with Crippen LogP contribution in [-0.2, 0) is 26.1 Å². The van der Waals surface area contributed by atoms with Crippen molar-refractivity contribution < 1.29 is 27.1 Å². The Kier molecular flexibility index (Phi) is 6.37. The minimum atomic E-state index is -3.29. The van der Waals surface area contributed by atoms with Crippen LogP contribution in [0.25, 0.3) is 11.1 Å². The number of ether oxygens (including phenoxy) is 1. The maximum atomic E-state index is 14.7. The van der Waals surface area contributed by atoms with Crippen LogP contribution < -0.4 is 14.9 Å². The first-order valence-electron chi connectivity index (χ1n) is 9.18. The molecule has 2 N–H and O–H groups in total. The highest BCUT2D eigenvalue weighted by atomic mass is 32.2. The molecule has 0 unspecified atom stereocenters. The number of sulfonamides is 1. The van der Waals surface area contributed by atoms with Gasteiger partial charge in [-0.15, -0.1) is 0 Å². The van der Waals surface area contributed by atoms with Crippen molar-refractivity contribution in [3.8, 4) is 11.1 Å². The van der Waals surface area contributed by atoms with Gasteiger partial charge in [0.2, 0.25) is 15.9 Å². The van der Waals surface area contributed by atoms with E-state index < -0.39 is 28.0 Å². The van der Waals surface area contributed by atoms with Crippen LogP contribution in [0.2, 0.25) is 0 Å². The molecule has 160 valence electrons. The molecule has 10 heteroatoms. The molecule has 8 nitrogen and oxygen atoms in total. The number of benzene rings is 2. The van der Waals surface area contributed by atoms with E-state index in [1.165, 1.54) is 17.9 Å². The normalized spacial score (nSPS) is 16.4. The Morgan fingerprint density at radius 1 is 1.23 bits per heavy atom. The van der Waals surface area contributed by atoms with E-state index in [0.29, 0.717) is 16.8 Å². The smallest absolute Gasteiger partial charge is 0.414 e. The Bertz CT molecular complexity index is 1060. The lowest BCUT2D eigenvalue weighted by atomic mass is 10.0. The van der Waals surface area contributed by atoms with E-state index >= 15 is 0 Å². The molecule has 2 aromatic rings. The molecule has 0 spiro atoms. The molecule has 1 aliphatic heterocycles. The van der Waals surface area contributed by atoms with Crippen molar-refractivity contribution in [2.24, 2.45) is 0 Å². The molecule has 0 aromatic heterocycles. The van der Waals surface area contributed by atoms with Crippen molar-refractivity contribution in [1.82, 2.24) is 10.0 Å². The number of hydrogen-bond acceptors (Lipinski definition) is 5. The van der Waals surface area contributed by atoms with E-state index in [2.05, 4.69) is 10.0 Å². The van der Waals surface area contributed by atoms with Gasteiger partial charge in [-0.1, -0.05) is 24.3 Å². The minimum Gasteiger partial charge on any atom is -0.442 e. The first kappa shape index (κ1) is 21.7. The minimum absolute atomic E-state index is 0.150. The number of rotatable bonds is 7. The summed E-state index contributed by atoms with van der Waals surface area (Å²) in [5.74, 6) is -0.731. The quantitative estimate of drug-likeness (QED) is 0.692. The van der Waals surface area contributed by atoms with Gasteiger partial charge in [-0.3, -0.25) is 9.69 Å². The molecule has 1 fully saturated rings. The van der Waals surface area contributed by atoms with Crippen molar-refractivity contribution in [2.45, 2.75) is 19.6 Å². The van der Waals surface area contributed by atoms with Crippen LogP contribution in [0.4, 0.5) is 14.9 Å². The molecule has 1 aliphatic rings. The zero-order valence-corrected chi connectivity index (χ0v) is 17.3. The number of amides is 2. The Morgan fingerprint density at radius 2 is 1.93 bits per heavy atom. The fraction of sp³-hybridized carbons (Fsp3) is 0.300. The maximum absolute atomic E-state index is 14.7. The second kappa shape index (κ2) is 8.80. The molecular formula is C20H22FN3O5S. The van der Waals surface area contributed by atoms with Crippen molar-refractivity contribution in [3.05, 3.63) is 53.8 Å². The lowest BCUT2D eigenvalue weighted by Gasteiger charge is -2.14. The van der Waals surface area contributed by atoms with Gasteiger partial charge in [0.05, 0.1) is 25.0 Å². The van der Waals surface area contributed by atoms with Crippen LogP contribution in [0.5, 0.6) is 0 Å². The summed E-state index contributed by atoms with van der Waals surface area (Å²) in [6.07, 6.45) is -0.0197. The molecule has 30 heavy (non-hydrogen) atoms. The van der Waals surface area contributed by atoms with Crippen LogP contribution in [0.15, 0.2) is 42.5 Å². The molecule has 0 bridgehead atoms. The molecular weight excluding hydrogens is 413 g/mol. The van der Waals surface area contributed by atoms with Crippen molar-refractivity contribution in [1.29, 1.82) is 0 Å². The highest BCUT2D eigenvalue weighted by molar-refractivity contribution is 7.88. The predicted molar refractivity (Wildman–Crippen MR) is 110 cm³/mol. The van der Waals surface area contributed by atoms with Crippen LogP contribution in [0.1, 0.15) is 12.5 Å². The highest BCUT2D eigenvalue weighted by Crippen LogP contribution is 2.29. The van der Waals surface area contributed by atoms with Gasteiger partial charge in [0.1, 0.15) is 11.9 Å². The Morgan fingerprint density at radius 3 is 2.53 bits per heavy atom. The summed E-state index contributed by atoms with van der Waals surface area (Å²) in [5, 5.41) is 2.59. The summed E-state index contributed by atoms with van der Waals surface area (Å²) >= 11 is 0. The summed E-state index contributed by atoms with van der Waals surface area (Å²) in [4.78, 5) is 24.4. The standard InChI is InChI=1S/C20H22FN3O5S/c1-13(25)22-11-17-12-24(20(26)29-17)16-7-8-18(19(21)9-16)15-5-3-14(4-6-15)10-23-30(2,27)28/h3-9,17,23H,10-12H2,1-2H3,(H,22,25)/t17-/m0/s1. The second-order valence-electron chi connectivity index (χ2n) is 7.01. The van der Waals surface area contributed by atoms with Crippen LogP contribution in [0, 0.1) is 5.82 Å². The number of halogens is 1.